The van der Waals surface area contributed by atoms with Crippen molar-refractivity contribution in [3.05, 3.63) is 58.1 Å². The lowest BCUT2D eigenvalue weighted by molar-refractivity contribution is 0.102. The van der Waals surface area contributed by atoms with Gasteiger partial charge in [-0.1, -0.05) is 41.3 Å². The zero-order chi connectivity index (χ0) is 19.4. The molecule has 0 aromatic heterocycles. The van der Waals surface area contributed by atoms with Crippen LogP contribution in [0.3, 0.4) is 0 Å². The van der Waals surface area contributed by atoms with E-state index >= 15 is 0 Å². The van der Waals surface area contributed by atoms with Crippen LogP contribution in [0.4, 0.5) is 5.69 Å². The van der Waals surface area contributed by atoms with Crippen LogP contribution in [0.2, 0.25) is 0 Å². The van der Waals surface area contributed by atoms with Crippen LogP contribution in [0.1, 0.15) is 48.0 Å². The molecular weight excluding hydrogens is 428 g/mol. The van der Waals surface area contributed by atoms with Crippen LogP contribution in [0, 0.1) is 6.92 Å². The lowest BCUT2D eigenvalue weighted by Crippen LogP contribution is -2.36. The zero-order valence-electron chi connectivity index (χ0n) is 15.2. The van der Waals surface area contributed by atoms with Crippen LogP contribution in [0.15, 0.2) is 51.8 Å². The van der Waals surface area contributed by atoms with Crippen molar-refractivity contribution < 1.29 is 13.2 Å². The summed E-state index contributed by atoms with van der Waals surface area (Å²) in [6, 6.07) is 11.7. The van der Waals surface area contributed by atoms with Crippen LogP contribution in [-0.4, -0.2) is 20.4 Å². The van der Waals surface area contributed by atoms with Crippen LogP contribution in [0.25, 0.3) is 0 Å². The number of rotatable bonds is 5. The van der Waals surface area contributed by atoms with Crippen molar-refractivity contribution in [2.24, 2.45) is 0 Å². The fraction of sp³-hybridized carbons (Fsp3) is 0.350. The Labute approximate surface area is 168 Å². The first-order chi connectivity index (χ1) is 12.8. The third-order valence-corrected chi connectivity index (χ3v) is 7.17. The maximum Gasteiger partial charge on any atom is 0.255 e. The Bertz CT molecular complexity index is 921. The molecule has 144 valence electrons. The van der Waals surface area contributed by atoms with E-state index in [-0.39, 0.29) is 16.8 Å². The second-order valence-corrected chi connectivity index (χ2v) is 9.47. The fourth-order valence-corrected chi connectivity index (χ4v) is 4.85. The van der Waals surface area contributed by atoms with Gasteiger partial charge in [-0.3, -0.25) is 4.79 Å². The number of anilines is 1. The molecule has 1 aliphatic carbocycles. The van der Waals surface area contributed by atoms with Crippen molar-refractivity contribution >= 4 is 37.5 Å². The van der Waals surface area contributed by atoms with E-state index in [1.807, 2.05) is 13.0 Å². The highest BCUT2D eigenvalue weighted by Crippen LogP contribution is 2.22. The number of hydrogen-bond acceptors (Lipinski definition) is 3. The van der Waals surface area contributed by atoms with E-state index in [4.69, 9.17) is 0 Å². The largest absolute Gasteiger partial charge is 0.322 e. The number of nitrogens with one attached hydrogen (secondary N) is 2. The number of hydrogen-bond donors (Lipinski definition) is 2. The lowest BCUT2D eigenvalue weighted by Gasteiger charge is -2.22. The summed E-state index contributed by atoms with van der Waals surface area (Å²) >= 11 is 3.42. The summed E-state index contributed by atoms with van der Waals surface area (Å²) in [4.78, 5) is 12.6. The number of amides is 1. The number of aryl methyl sites for hydroxylation is 1. The van der Waals surface area contributed by atoms with E-state index in [0.29, 0.717) is 11.3 Å². The molecular formula is C20H23BrN2O3S. The number of carbonyl (C=O) groups excluding carboxylic acids is 1. The number of halogens is 1. The molecule has 0 aliphatic heterocycles. The normalized spacial score (nSPS) is 15.5. The summed E-state index contributed by atoms with van der Waals surface area (Å²) in [7, 11) is -3.54. The monoisotopic (exact) mass is 450 g/mol. The Kier molecular flexibility index (Phi) is 6.34. The quantitative estimate of drug-likeness (QED) is 0.697. The maximum atomic E-state index is 12.5. The van der Waals surface area contributed by atoms with Crippen LogP contribution in [0.5, 0.6) is 0 Å². The molecule has 0 atom stereocenters. The molecule has 1 amide bonds. The molecule has 7 heteroatoms. The third-order valence-electron chi connectivity index (χ3n) is 4.78. The molecule has 1 aliphatic rings. The average molecular weight is 451 g/mol. The first-order valence-electron chi connectivity index (χ1n) is 9.05. The highest BCUT2D eigenvalue weighted by molar-refractivity contribution is 9.10. The summed E-state index contributed by atoms with van der Waals surface area (Å²) in [5.41, 5.74) is 2.13. The van der Waals surface area contributed by atoms with Crippen molar-refractivity contribution in [1.29, 1.82) is 0 Å². The predicted molar refractivity (Wildman–Crippen MR) is 110 cm³/mol. The van der Waals surface area contributed by atoms with Gasteiger partial charge in [-0.25, -0.2) is 13.1 Å². The molecule has 1 fully saturated rings. The molecule has 27 heavy (non-hydrogen) atoms. The highest BCUT2D eigenvalue weighted by Gasteiger charge is 2.21. The third kappa shape index (κ3) is 5.18. The zero-order valence-corrected chi connectivity index (χ0v) is 17.6. The molecule has 0 unspecified atom stereocenters. The molecule has 2 N–H and O–H groups in total. The Morgan fingerprint density at radius 3 is 2.33 bits per heavy atom. The van der Waals surface area contributed by atoms with Crippen LogP contribution in [-0.2, 0) is 10.0 Å². The van der Waals surface area contributed by atoms with Crippen molar-refractivity contribution in [2.45, 2.75) is 50.0 Å². The van der Waals surface area contributed by atoms with Gasteiger partial charge in [0.15, 0.2) is 0 Å². The Hall–Kier alpha value is -1.70. The van der Waals surface area contributed by atoms with E-state index in [9.17, 15) is 13.2 Å². The van der Waals surface area contributed by atoms with Gasteiger partial charge < -0.3 is 5.32 Å². The molecule has 0 heterocycles. The van der Waals surface area contributed by atoms with Crippen LogP contribution >= 0.6 is 15.9 Å². The molecule has 2 aromatic carbocycles. The van der Waals surface area contributed by atoms with E-state index in [0.717, 1.165) is 35.7 Å². The van der Waals surface area contributed by atoms with E-state index in [1.165, 1.54) is 18.6 Å². The number of benzene rings is 2. The smallest absolute Gasteiger partial charge is 0.255 e. The van der Waals surface area contributed by atoms with E-state index < -0.39 is 10.0 Å². The number of carbonyl (C=O) groups is 1. The van der Waals surface area contributed by atoms with Gasteiger partial charge >= 0.3 is 0 Å². The molecule has 0 bridgehead atoms. The lowest BCUT2D eigenvalue weighted by atomic mass is 9.96. The van der Waals surface area contributed by atoms with Crippen LogP contribution < -0.4 is 10.0 Å². The molecule has 5 nitrogen and oxygen atoms in total. The summed E-state index contributed by atoms with van der Waals surface area (Å²) in [6.07, 6.45) is 5.07. The number of sulfonamides is 1. The molecule has 1 saturated carbocycles. The van der Waals surface area contributed by atoms with Gasteiger partial charge in [-0.05, 0) is 61.7 Å². The van der Waals surface area contributed by atoms with Gasteiger partial charge in [-0.15, -0.1) is 0 Å². The first-order valence-corrected chi connectivity index (χ1v) is 11.3. The molecule has 0 saturated heterocycles. The minimum atomic E-state index is -3.54. The second-order valence-electron chi connectivity index (χ2n) is 6.90. The summed E-state index contributed by atoms with van der Waals surface area (Å²) in [5.74, 6) is -0.244. The molecule has 3 rings (SSSR count). The van der Waals surface area contributed by atoms with Crippen molar-refractivity contribution in [2.75, 3.05) is 5.32 Å². The SMILES string of the molecule is Cc1ccc(C(=O)Nc2ccc(S(=O)(=O)NC3CCCCC3)cc2)cc1Br. The second kappa shape index (κ2) is 8.54. The van der Waals surface area contributed by atoms with Gasteiger partial charge in [0.1, 0.15) is 0 Å². The minimum absolute atomic E-state index is 0.0168. The predicted octanol–water partition coefficient (Wildman–Crippen LogP) is 4.62. The molecule has 0 radical (unpaired) electrons. The van der Waals surface area contributed by atoms with Gasteiger partial charge in [0.05, 0.1) is 4.90 Å². The Morgan fingerprint density at radius 1 is 1.04 bits per heavy atom. The maximum absolute atomic E-state index is 12.5. The Morgan fingerprint density at radius 2 is 1.70 bits per heavy atom. The average Bonchev–Trinajstić information content (AvgIpc) is 2.65. The van der Waals surface area contributed by atoms with Gasteiger partial charge in [0.2, 0.25) is 10.0 Å². The standard InChI is InChI=1S/C20H23BrN2O3S/c1-14-7-8-15(13-19(14)21)20(24)22-16-9-11-18(12-10-16)27(25,26)23-17-5-3-2-4-6-17/h7-13,17,23H,2-6H2,1H3,(H,22,24). The van der Waals surface area contributed by atoms with Gasteiger partial charge in [0, 0.05) is 21.8 Å². The van der Waals surface area contributed by atoms with Gasteiger partial charge in [-0.2, -0.15) is 0 Å². The summed E-state index contributed by atoms with van der Waals surface area (Å²) in [6.45, 7) is 1.95. The topological polar surface area (TPSA) is 75.3 Å². The molecule has 2 aromatic rings. The van der Waals surface area contributed by atoms with Crippen molar-refractivity contribution in [3.63, 3.8) is 0 Å². The first kappa shape index (κ1) is 20.0. The van der Waals surface area contributed by atoms with Gasteiger partial charge in [0.25, 0.3) is 5.91 Å². The van der Waals surface area contributed by atoms with Crippen molar-refractivity contribution in [1.82, 2.24) is 4.72 Å². The Balaban J connectivity index is 1.67. The van der Waals surface area contributed by atoms with E-state index in [1.54, 1.807) is 24.3 Å². The molecule has 0 spiro atoms. The minimum Gasteiger partial charge on any atom is -0.322 e. The summed E-state index contributed by atoms with van der Waals surface area (Å²) < 4.78 is 28.7. The highest BCUT2D eigenvalue weighted by atomic mass is 79.9. The van der Waals surface area contributed by atoms with Crippen molar-refractivity contribution in [3.8, 4) is 0 Å². The fourth-order valence-electron chi connectivity index (χ4n) is 3.16. The summed E-state index contributed by atoms with van der Waals surface area (Å²) in [5, 5.41) is 2.79. The van der Waals surface area contributed by atoms with E-state index in [2.05, 4.69) is 26.0 Å².